The number of pyridine rings is 1. The summed E-state index contributed by atoms with van der Waals surface area (Å²) in [5.41, 5.74) is 2.34. The van der Waals surface area contributed by atoms with E-state index in [0.29, 0.717) is 29.7 Å². The fourth-order valence-corrected chi connectivity index (χ4v) is 3.86. The third-order valence-corrected chi connectivity index (χ3v) is 5.36. The van der Waals surface area contributed by atoms with Gasteiger partial charge in [-0.2, -0.15) is 0 Å². The van der Waals surface area contributed by atoms with Crippen LogP contribution in [0.25, 0.3) is 11.0 Å². The quantitative estimate of drug-likeness (QED) is 0.632. The number of carbonyl (C=O) groups excluding carboxylic acids is 1. The zero-order chi connectivity index (χ0) is 21.8. The lowest BCUT2D eigenvalue weighted by atomic mass is 9.99. The number of furan rings is 1. The van der Waals surface area contributed by atoms with Gasteiger partial charge in [0.2, 0.25) is 0 Å². The van der Waals surface area contributed by atoms with Gasteiger partial charge in [0.1, 0.15) is 5.69 Å². The van der Waals surface area contributed by atoms with Crippen LogP contribution in [-0.2, 0) is 9.59 Å². The van der Waals surface area contributed by atoms with Gasteiger partial charge in [0.25, 0.3) is 5.91 Å². The van der Waals surface area contributed by atoms with Crippen molar-refractivity contribution in [3.63, 3.8) is 0 Å². The molecule has 0 radical (unpaired) electrons. The second-order valence-electron chi connectivity index (χ2n) is 7.81. The molecule has 30 heavy (non-hydrogen) atoms. The van der Waals surface area contributed by atoms with Crippen molar-refractivity contribution in [3.05, 3.63) is 41.9 Å². The van der Waals surface area contributed by atoms with Crippen molar-refractivity contribution in [3.8, 4) is 0 Å². The molecule has 0 saturated carbocycles. The van der Waals surface area contributed by atoms with Gasteiger partial charge in [0, 0.05) is 42.2 Å². The highest BCUT2D eigenvalue weighted by Crippen LogP contribution is 2.29. The maximum absolute atomic E-state index is 12.5. The van der Waals surface area contributed by atoms with E-state index in [9.17, 15) is 14.4 Å². The number of hydrogen-bond acceptors (Lipinski definition) is 6. The molecular formula is C21H25N3O6. The fraction of sp³-hybridized carbons (Fsp3) is 0.429. The average molecular weight is 415 g/mol. The Labute approximate surface area is 173 Å². The van der Waals surface area contributed by atoms with Gasteiger partial charge in [-0.05, 0) is 30.9 Å². The first kappa shape index (κ1) is 21.5. The number of amides is 1. The first-order chi connectivity index (χ1) is 14.2. The maximum Gasteiger partial charge on any atom is 0.328 e. The van der Waals surface area contributed by atoms with Crippen LogP contribution in [-0.4, -0.2) is 63.6 Å². The summed E-state index contributed by atoms with van der Waals surface area (Å²) in [6, 6.07) is 2.13. The molecule has 9 heteroatoms. The summed E-state index contributed by atoms with van der Waals surface area (Å²) >= 11 is 0. The van der Waals surface area contributed by atoms with E-state index in [-0.39, 0.29) is 11.9 Å². The van der Waals surface area contributed by atoms with E-state index >= 15 is 0 Å². The predicted octanol–water partition coefficient (Wildman–Crippen LogP) is 2.10. The summed E-state index contributed by atoms with van der Waals surface area (Å²) in [5.74, 6) is -1.62. The van der Waals surface area contributed by atoms with Gasteiger partial charge in [-0.3, -0.25) is 4.79 Å². The van der Waals surface area contributed by atoms with Gasteiger partial charge in [0.15, 0.2) is 5.58 Å². The van der Waals surface area contributed by atoms with Gasteiger partial charge >= 0.3 is 11.9 Å². The topological polar surface area (TPSA) is 133 Å². The minimum atomic E-state index is -1.26. The minimum absolute atomic E-state index is 0.0726. The number of nitrogens with one attached hydrogen (secondary N) is 1. The zero-order valence-electron chi connectivity index (χ0n) is 16.9. The van der Waals surface area contributed by atoms with Gasteiger partial charge < -0.3 is 24.8 Å². The highest BCUT2D eigenvalue weighted by molar-refractivity contribution is 5.96. The molecule has 2 bridgehead atoms. The molecule has 2 fully saturated rings. The van der Waals surface area contributed by atoms with Crippen molar-refractivity contribution >= 4 is 28.8 Å². The Hall–Kier alpha value is -3.20. The van der Waals surface area contributed by atoms with Gasteiger partial charge in [-0.1, -0.05) is 13.8 Å². The summed E-state index contributed by atoms with van der Waals surface area (Å²) in [6.45, 7) is 7.51. The molecule has 4 heterocycles. The van der Waals surface area contributed by atoms with E-state index in [1.807, 2.05) is 6.07 Å². The number of nitrogens with zero attached hydrogens (tertiary/aromatic N) is 2. The van der Waals surface area contributed by atoms with E-state index in [4.69, 9.17) is 14.6 Å². The monoisotopic (exact) mass is 415 g/mol. The molecule has 3 unspecified atom stereocenters. The van der Waals surface area contributed by atoms with Crippen LogP contribution in [0.3, 0.4) is 0 Å². The second kappa shape index (κ2) is 9.08. The van der Waals surface area contributed by atoms with E-state index < -0.39 is 11.9 Å². The zero-order valence-corrected chi connectivity index (χ0v) is 16.9. The Kier molecular flexibility index (Phi) is 6.51. The molecule has 2 aromatic heterocycles. The SMILES string of the molecule is CC(C)c1coc2cnc(C(=O)NC3CN4CCC3C4)cc12.O=C(O)/C=C/C(=O)O. The van der Waals surface area contributed by atoms with Crippen LogP contribution in [0.2, 0.25) is 0 Å². The number of rotatable bonds is 5. The lowest BCUT2D eigenvalue weighted by Crippen LogP contribution is -2.43. The molecule has 0 aliphatic carbocycles. The number of carboxylic acid groups (broad SMARTS) is 2. The molecule has 1 amide bonds. The molecule has 4 rings (SSSR count). The third-order valence-electron chi connectivity index (χ3n) is 5.36. The van der Waals surface area contributed by atoms with E-state index in [0.717, 1.165) is 29.6 Å². The first-order valence-electron chi connectivity index (χ1n) is 9.79. The Balaban J connectivity index is 0.000000275. The lowest BCUT2D eigenvalue weighted by Gasteiger charge is -2.22. The van der Waals surface area contributed by atoms with Crippen molar-refractivity contribution < 1.29 is 29.0 Å². The van der Waals surface area contributed by atoms with Crippen molar-refractivity contribution in [2.24, 2.45) is 5.92 Å². The number of carbonyl (C=O) groups is 3. The summed E-state index contributed by atoms with van der Waals surface area (Å²) in [5, 5.41) is 19.8. The van der Waals surface area contributed by atoms with Gasteiger partial charge in [-0.25, -0.2) is 14.6 Å². The van der Waals surface area contributed by atoms with E-state index in [1.54, 1.807) is 12.5 Å². The number of aromatic nitrogens is 1. The third kappa shape index (κ3) is 5.04. The number of aliphatic carboxylic acids is 2. The first-order valence-corrected chi connectivity index (χ1v) is 9.79. The number of carboxylic acids is 2. The molecule has 9 nitrogen and oxygen atoms in total. The van der Waals surface area contributed by atoms with Crippen LogP contribution in [0.1, 0.15) is 42.2 Å². The molecule has 160 valence electrons. The Bertz CT molecular complexity index is 964. The van der Waals surface area contributed by atoms with Crippen LogP contribution in [0.15, 0.2) is 35.1 Å². The fourth-order valence-electron chi connectivity index (χ4n) is 3.86. The molecule has 3 N–H and O–H groups in total. The average Bonchev–Trinajstić information content (AvgIpc) is 3.41. The predicted molar refractivity (Wildman–Crippen MR) is 108 cm³/mol. The van der Waals surface area contributed by atoms with E-state index in [1.165, 1.54) is 13.0 Å². The Morgan fingerprint density at radius 2 is 1.93 bits per heavy atom. The highest BCUT2D eigenvalue weighted by atomic mass is 16.4. The molecular weight excluding hydrogens is 390 g/mol. The van der Waals surface area contributed by atoms with Gasteiger partial charge in [0.05, 0.1) is 12.5 Å². The van der Waals surface area contributed by atoms with Crippen LogP contribution in [0.5, 0.6) is 0 Å². The smallest absolute Gasteiger partial charge is 0.328 e. The molecule has 2 aliphatic heterocycles. The van der Waals surface area contributed by atoms with Crippen molar-refractivity contribution in [2.45, 2.75) is 32.2 Å². The molecule has 2 saturated heterocycles. The number of piperidine rings is 1. The standard InChI is InChI=1S/C17H21N3O2.C4H4O4/c1-10(2)13-9-22-16-6-18-14(5-12(13)16)17(21)19-15-8-20-4-3-11(15)7-20;5-3(6)1-2-4(7)8/h5-6,9-11,15H,3-4,7-8H2,1-2H3,(H,19,21);1-2H,(H,5,6)(H,7,8)/b;2-1+. The summed E-state index contributed by atoms with van der Waals surface area (Å²) in [6.07, 6.45) is 5.73. The van der Waals surface area contributed by atoms with Crippen molar-refractivity contribution in [2.75, 3.05) is 19.6 Å². The molecule has 2 aliphatic rings. The normalized spacial score (nSPS) is 22.3. The van der Waals surface area contributed by atoms with Crippen LogP contribution >= 0.6 is 0 Å². The van der Waals surface area contributed by atoms with Crippen LogP contribution in [0, 0.1) is 5.92 Å². The van der Waals surface area contributed by atoms with Crippen molar-refractivity contribution in [1.82, 2.24) is 15.2 Å². The summed E-state index contributed by atoms with van der Waals surface area (Å²) in [4.78, 5) is 38.3. The number of fused-ring (bicyclic) bond motifs is 3. The molecule has 0 aromatic carbocycles. The largest absolute Gasteiger partial charge is 0.478 e. The van der Waals surface area contributed by atoms with Crippen LogP contribution in [0.4, 0.5) is 0 Å². The maximum atomic E-state index is 12.5. The molecule has 3 atom stereocenters. The summed E-state index contributed by atoms with van der Waals surface area (Å²) < 4.78 is 5.52. The molecule has 2 aromatic rings. The lowest BCUT2D eigenvalue weighted by molar-refractivity contribution is -0.134. The molecule has 0 spiro atoms. The van der Waals surface area contributed by atoms with Crippen molar-refractivity contribution in [1.29, 1.82) is 0 Å². The van der Waals surface area contributed by atoms with Gasteiger partial charge in [-0.15, -0.1) is 0 Å². The second-order valence-corrected chi connectivity index (χ2v) is 7.81. The van der Waals surface area contributed by atoms with Crippen LogP contribution < -0.4 is 5.32 Å². The number of hydrogen-bond donors (Lipinski definition) is 3. The highest BCUT2D eigenvalue weighted by Gasteiger charge is 2.38. The Morgan fingerprint density at radius 1 is 1.23 bits per heavy atom. The Morgan fingerprint density at radius 3 is 2.47 bits per heavy atom. The summed E-state index contributed by atoms with van der Waals surface area (Å²) in [7, 11) is 0. The van der Waals surface area contributed by atoms with E-state index in [2.05, 4.69) is 29.0 Å². The minimum Gasteiger partial charge on any atom is -0.478 e.